The number of amides is 4. The minimum atomic E-state index is -0.873. The van der Waals surface area contributed by atoms with Crippen molar-refractivity contribution in [2.45, 2.75) is 52.5 Å². The number of hydrogen-bond acceptors (Lipinski definition) is 3. The van der Waals surface area contributed by atoms with Crippen LogP contribution in [0.5, 0.6) is 0 Å². The summed E-state index contributed by atoms with van der Waals surface area (Å²) < 4.78 is 0. The Morgan fingerprint density at radius 2 is 1.88 bits per heavy atom. The fourth-order valence-electron chi connectivity index (χ4n) is 4.63. The van der Waals surface area contributed by atoms with E-state index in [1.165, 1.54) is 0 Å². The minimum Gasteiger partial charge on any atom is -0.325 e. The summed E-state index contributed by atoms with van der Waals surface area (Å²) in [6.45, 7) is 8.04. The van der Waals surface area contributed by atoms with Gasteiger partial charge in [-0.1, -0.05) is 38.5 Å². The van der Waals surface area contributed by atoms with E-state index in [9.17, 15) is 14.4 Å². The molecule has 2 aliphatic rings. The number of carbonyl (C=O) groups excluding carboxylic acids is 3. The third kappa shape index (κ3) is 3.59. The van der Waals surface area contributed by atoms with E-state index in [0.29, 0.717) is 24.4 Å². The maximum absolute atomic E-state index is 13.0. The van der Waals surface area contributed by atoms with Gasteiger partial charge in [0.05, 0.1) is 0 Å². The van der Waals surface area contributed by atoms with Crippen molar-refractivity contribution in [3.05, 3.63) is 29.8 Å². The lowest BCUT2D eigenvalue weighted by Gasteiger charge is -2.43. The Hall–Kier alpha value is -2.37. The first-order valence-electron chi connectivity index (χ1n) is 9.11. The van der Waals surface area contributed by atoms with Gasteiger partial charge in [0.25, 0.3) is 5.91 Å². The number of aryl methyl sites for hydroxylation is 1. The van der Waals surface area contributed by atoms with Crippen molar-refractivity contribution in [1.82, 2.24) is 10.2 Å². The first kappa shape index (κ1) is 18.4. The molecule has 140 valence electrons. The zero-order valence-electron chi connectivity index (χ0n) is 15.9. The van der Waals surface area contributed by atoms with Gasteiger partial charge >= 0.3 is 6.03 Å². The standard InChI is InChI=1S/C20H27N3O3/c1-13-5-7-15(8-6-13)21-16(24)11-23-17(25)20(22-18(23)26)10-14(2)9-19(3,4)12-20/h5-8,14H,9-12H2,1-4H3,(H,21,24)(H,22,26). The molecule has 2 N–H and O–H groups in total. The summed E-state index contributed by atoms with van der Waals surface area (Å²) in [6.07, 6.45) is 2.24. The first-order chi connectivity index (χ1) is 12.1. The second-order valence-corrected chi connectivity index (χ2v) is 8.67. The van der Waals surface area contributed by atoms with Crippen molar-refractivity contribution in [3.63, 3.8) is 0 Å². The maximum Gasteiger partial charge on any atom is 0.325 e. The Balaban J connectivity index is 1.71. The van der Waals surface area contributed by atoms with Crippen LogP contribution in [0.4, 0.5) is 10.5 Å². The van der Waals surface area contributed by atoms with Gasteiger partial charge in [0.15, 0.2) is 0 Å². The van der Waals surface area contributed by atoms with Crippen molar-refractivity contribution in [1.29, 1.82) is 0 Å². The van der Waals surface area contributed by atoms with Crippen molar-refractivity contribution < 1.29 is 14.4 Å². The molecule has 6 heteroatoms. The van der Waals surface area contributed by atoms with Gasteiger partial charge in [0.1, 0.15) is 12.1 Å². The van der Waals surface area contributed by atoms with Crippen LogP contribution in [0, 0.1) is 18.3 Å². The molecule has 2 unspecified atom stereocenters. The largest absolute Gasteiger partial charge is 0.325 e. The molecular formula is C20H27N3O3. The van der Waals surface area contributed by atoms with Crippen LogP contribution in [0.25, 0.3) is 0 Å². The molecule has 2 fully saturated rings. The van der Waals surface area contributed by atoms with Gasteiger partial charge in [-0.3, -0.25) is 14.5 Å². The number of carbonyl (C=O) groups is 3. The zero-order valence-corrected chi connectivity index (χ0v) is 15.9. The zero-order chi connectivity index (χ0) is 19.1. The van der Waals surface area contributed by atoms with Crippen LogP contribution in [0.2, 0.25) is 0 Å². The molecule has 2 atom stereocenters. The Morgan fingerprint density at radius 1 is 1.23 bits per heavy atom. The number of anilines is 1. The van der Waals surface area contributed by atoms with E-state index in [4.69, 9.17) is 0 Å². The molecule has 1 aliphatic carbocycles. The highest BCUT2D eigenvalue weighted by molar-refractivity contribution is 6.10. The molecule has 1 saturated heterocycles. The number of urea groups is 1. The van der Waals surface area contributed by atoms with Gasteiger partial charge in [-0.2, -0.15) is 0 Å². The second-order valence-electron chi connectivity index (χ2n) is 8.67. The lowest BCUT2D eigenvalue weighted by atomic mass is 9.64. The molecule has 6 nitrogen and oxygen atoms in total. The van der Waals surface area contributed by atoms with E-state index in [2.05, 4.69) is 31.4 Å². The van der Waals surface area contributed by atoms with Gasteiger partial charge in [-0.25, -0.2) is 4.79 Å². The van der Waals surface area contributed by atoms with Crippen LogP contribution in [-0.2, 0) is 9.59 Å². The van der Waals surface area contributed by atoms with Crippen LogP contribution in [-0.4, -0.2) is 34.8 Å². The Morgan fingerprint density at radius 3 is 2.50 bits per heavy atom. The summed E-state index contributed by atoms with van der Waals surface area (Å²) in [4.78, 5) is 38.8. The summed E-state index contributed by atoms with van der Waals surface area (Å²) in [5.41, 5.74) is 0.839. The third-order valence-electron chi connectivity index (χ3n) is 5.26. The minimum absolute atomic E-state index is 0.0270. The number of benzene rings is 1. The molecule has 3 rings (SSSR count). The van der Waals surface area contributed by atoms with Gasteiger partial charge in [-0.15, -0.1) is 0 Å². The van der Waals surface area contributed by atoms with Crippen molar-refractivity contribution in [3.8, 4) is 0 Å². The SMILES string of the molecule is Cc1ccc(NC(=O)CN2C(=O)NC3(CC(C)CC(C)(C)C3)C2=O)cc1. The van der Waals surface area contributed by atoms with Crippen LogP contribution in [0.1, 0.15) is 45.6 Å². The van der Waals surface area contributed by atoms with E-state index in [0.717, 1.165) is 16.9 Å². The first-order valence-corrected chi connectivity index (χ1v) is 9.11. The van der Waals surface area contributed by atoms with E-state index >= 15 is 0 Å². The van der Waals surface area contributed by atoms with Gasteiger partial charge < -0.3 is 10.6 Å². The van der Waals surface area contributed by atoms with E-state index in [1.807, 2.05) is 19.1 Å². The molecule has 1 aromatic rings. The van der Waals surface area contributed by atoms with Crippen molar-refractivity contribution >= 4 is 23.5 Å². The molecule has 0 bridgehead atoms. The number of hydrogen-bond donors (Lipinski definition) is 2. The normalized spacial score (nSPS) is 27.5. The predicted molar refractivity (Wildman–Crippen MR) is 99.6 cm³/mol. The van der Waals surface area contributed by atoms with Crippen molar-refractivity contribution in [2.75, 3.05) is 11.9 Å². The third-order valence-corrected chi connectivity index (χ3v) is 5.26. The van der Waals surface area contributed by atoms with E-state index in [1.54, 1.807) is 12.1 Å². The van der Waals surface area contributed by atoms with E-state index in [-0.39, 0.29) is 23.8 Å². The second kappa shape index (κ2) is 6.41. The summed E-state index contributed by atoms with van der Waals surface area (Å²) in [5, 5.41) is 5.63. The van der Waals surface area contributed by atoms with Gasteiger partial charge in [-0.05, 0) is 49.7 Å². The molecule has 1 aromatic carbocycles. The number of nitrogens with one attached hydrogen (secondary N) is 2. The molecule has 1 saturated carbocycles. The van der Waals surface area contributed by atoms with Crippen LogP contribution in [0.15, 0.2) is 24.3 Å². The lowest BCUT2D eigenvalue weighted by molar-refractivity contribution is -0.136. The number of rotatable bonds is 3. The molecule has 0 radical (unpaired) electrons. The van der Waals surface area contributed by atoms with Gasteiger partial charge in [0.2, 0.25) is 5.91 Å². The highest BCUT2D eigenvalue weighted by Gasteiger charge is 2.56. The smallest absolute Gasteiger partial charge is 0.325 e. The van der Waals surface area contributed by atoms with Crippen LogP contribution < -0.4 is 10.6 Å². The maximum atomic E-state index is 13.0. The fraction of sp³-hybridized carbons (Fsp3) is 0.550. The molecule has 1 aliphatic heterocycles. The molecule has 1 heterocycles. The Kier molecular flexibility index (Phi) is 4.54. The fourth-order valence-corrected chi connectivity index (χ4v) is 4.63. The summed E-state index contributed by atoms with van der Waals surface area (Å²) >= 11 is 0. The molecule has 0 aromatic heterocycles. The van der Waals surface area contributed by atoms with E-state index < -0.39 is 11.6 Å². The molecule has 4 amide bonds. The monoisotopic (exact) mass is 357 g/mol. The number of imide groups is 1. The highest BCUT2D eigenvalue weighted by atomic mass is 16.2. The average Bonchev–Trinajstić information content (AvgIpc) is 2.71. The Labute approximate surface area is 154 Å². The van der Waals surface area contributed by atoms with Crippen LogP contribution >= 0.6 is 0 Å². The predicted octanol–water partition coefficient (Wildman–Crippen LogP) is 3.07. The Bertz CT molecular complexity index is 741. The van der Waals surface area contributed by atoms with Gasteiger partial charge in [0, 0.05) is 5.69 Å². The number of nitrogens with zero attached hydrogens (tertiary/aromatic N) is 1. The quantitative estimate of drug-likeness (QED) is 0.816. The highest BCUT2D eigenvalue weighted by Crippen LogP contribution is 2.46. The molecule has 1 spiro atoms. The van der Waals surface area contributed by atoms with Crippen molar-refractivity contribution in [2.24, 2.45) is 11.3 Å². The molecular weight excluding hydrogens is 330 g/mol. The average molecular weight is 357 g/mol. The summed E-state index contributed by atoms with van der Waals surface area (Å²) in [5.74, 6) is -0.317. The topological polar surface area (TPSA) is 78.5 Å². The summed E-state index contributed by atoms with van der Waals surface area (Å²) in [6, 6.07) is 6.91. The summed E-state index contributed by atoms with van der Waals surface area (Å²) in [7, 11) is 0. The van der Waals surface area contributed by atoms with Crippen LogP contribution in [0.3, 0.4) is 0 Å². The lowest BCUT2D eigenvalue weighted by Crippen LogP contribution is -2.54. The molecule has 26 heavy (non-hydrogen) atoms.